The number of unbranched alkanes of at least 4 members (excludes halogenated alkanes) is 2. The van der Waals surface area contributed by atoms with Gasteiger partial charge in [0.15, 0.2) is 17.2 Å². The number of phenolic OH excluding ortho intramolecular Hbond substituents is 3. The van der Waals surface area contributed by atoms with E-state index in [1.165, 1.54) is 0 Å². The number of carbonyl (C=O) groups is 2. The fourth-order valence-electron chi connectivity index (χ4n) is 1.45. The van der Waals surface area contributed by atoms with Crippen molar-refractivity contribution >= 4 is 11.9 Å². The summed E-state index contributed by atoms with van der Waals surface area (Å²) in [5, 5.41) is 27.6. The molecule has 104 valence electrons. The van der Waals surface area contributed by atoms with E-state index < -0.39 is 29.2 Å². The highest BCUT2D eigenvalue weighted by atomic mass is 16.6. The molecule has 0 bridgehead atoms. The smallest absolute Gasteiger partial charge is 0.346 e. The maximum Gasteiger partial charge on any atom is 0.346 e. The third kappa shape index (κ3) is 4.17. The fourth-order valence-corrected chi connectivity index (χ4v) is 1.45. The van der Waals surface area contributed by atoms with E-state index >= 15 is 0 Å². The van der Waals surface area contributed by atoms with Crippen molar-refractivity contribution in [3.05, 3.63) is 17.7 Å². The first-order valence-corrected chi connectivity index (χ1v) is 5.95. The molecule has 0 aromatic heterocycles. The number of carbonyl (C=O) groups excluding carboxylic acids is 2. The normalized spacial score (nSPS) is 10.2. The standard InChI is InChI=1S/C13H16O6/c1-2-3-4-5-11(16)19-13(18)8-6-9(14)12(17)10(15)7-8/h6-7,14-15,17H,2-5H2,1H3. The largest absolute Gasteiger partial charge is 0.504 e. The van der Waals surface area contributed by atoms with Crippen molar-refractivity contribution in [1.82, 2.24) is 0 Å². The van der Waals surface area contributed by atoms with Gasteiger partial charge in [-0.15, -0.1) is 0 Å². The van der Waals surface area contributed by atoms with E-state index in [-0.39, 0.29) is 12.0 Å². The maximum atomic E-state index is 11.6. The van der Waals surface area contributed by atoms with Crippen LogP contribution in [0.25, 0.3) is 0 Å². The first-order chi connectivity index (χ1) is 8.95. The lowest BCUT2D eigenvalue weighted by Gasteiger charge is -2.05. The summed E-state index contributed by atoms with van der Waals surface area (Å²) in [6.45, 7) is 1.98. The predicted molar refractivity (Wildman–Crippen MR) is 66.0 cm³/mol. The molecule has 0 saturated carbocycles. The topological polar surface area (TPSA) is 104 Å². The molecule has 1 aromatic carbocycles. The van der Waals surface area contributed by atoms with Crippen LogP contribution < -0.4 is 0 Å². The predicted octanol–water partition coefficient (Wildman–Crippen LogP) is 2.07. The molecule has 0 aliphatic carbocycles. The minimum Gasteiger partial charge on any atom is -0.504 e. The quantitative estimate of drug-likeness (QED) is 0.327. The molecule has 6 heteroatoms. The minimum absolute atomic E-state index is 0.135. The second-order valence-corrected chi connectivity index (χ2v) is 4.08. The third-order valence-corrected chi connectivity index (χ3v) is 2.50. The number of rotatable bonds is 5. The molecule has 0 amide bonds. The van der Waals surface area contributed by atoms with E-state index in [2.05, 4.69) is 4.74 Å². The first kappa shape index (κ1) is 14.8. The van der Waals surface area contributed by atoms with Crippen LogP contribution in [-0.4, -0.2) is 27.3 Å². The van der Waals surface area contributed by atoms with Crippen LogP contribution in [0, 0.1) is 0 Å². The van der Waals surface area contributed by atoms with Gasteiger partial charge in [-0.25, -0.2) is 4.79 Å². The van der Waals surface area contributed by atoms with E-state index in [1.54, 1.807) is 0 Å². The van der Waals surface area contributed by atoms with Crippen molar-refractivity contribution in [1.29, 1.82) is 0 Å². The third-order valence-electron chi connectivity index (χ3n) is 2.50. The summed E-state index contributed by atoms with van der Waals surface area (Å²) in [7, 11) is 0. The summed E-state index contributed by atoms with van der Waals surface area (Å²) in [5.74, 6) is -3.70. The molecule has 0 aliphatic rings. The molecule has 1 aromatic rings. The number of hydrogen-bond donors (Lipinski definition) is 3. The van der Waals surface area contributed by atoms with Gasteiger partial charge in [0.2, 0.25) is 0 Å². The Morgan fingerprint density at radius 3 is 2.21 bits per heavy atom. The summed E-state index contributed by atoms with van der Waals surface area (Å²) in [5.41, 5.74) is -0.211. The van der Waals surface area contributed by atoms with Crippen LogP contribution >= 0.6 is 0 Å². The summed E-state index contributed by atoms with van der Waals surface area (Å²) in [6, 6.07) is 1.83. The van der Waals surface area contributed by atoms with Crippen LogP contribution in [0.2, 0.25) is 0 Å². The second-order valence-electron chi connectivity index (χ2n) is 4.08. The van der Waals surface area contributed by atoms with E-state index in [9.17, 15) is 19.8 Å². The van der Waals surface area contributed by atoms with Crippen molar-refractivity contribution in [3.63, 3.8) is 0 Å². The van der Waals surface area contributed by atoms with Gasteiger partial charge in [0.05, 0.1) is 5.56 Å². The van der Waals surface area contributed by atoms with Gasteiger partial charge in [-0.2, -0.15) is 0 Å². The van der Waals surface area contributed by atoms with E-state index in [1.807, 2.05) is 6.92 Å². The molecule has 1 rings (SSSR count). The van der Waals surface area contributed by atoms with Gasteiger partial charge in [-0.05, 0) is 18.6 Å². The van der Waals surface area contributed by atoms with Crippen molar-refractivity contribution in [2.45, 2.75) is 32.6 Å². The number of hydrogen-bond acceptors (Lipinski definition) is 6. The molecule has 0 atom stereocenters. The molecule has 3 N–H and O–H groups in total. The Labute approximate surface area is 110 Å². The molecule has 0 aliphatic heterocycles. The van der Waals surface area contributed by atoms with Crippen molar-refractivity contribution in [2.75, 3.05) is 0 Å². The van der Waals surface area contributed by atoms with Crippen molar-refractivity contribution in [3.8, 4) is 17.2 Å². The lowest BCUT2D eigenvalue weighted by molar-refractivity contribution is -0.138. The maximum absolute atomic E-state index is 11.6. The summed E-state index contributed by atoms with van der Waals surface area (Å²) in [6.07, 6.45) is 2.58. The Bertz CT molecular complexity index is 457. The molecule has 0 radical (unpaired) electrons. The van der Waals surface area contributed by atoms with Crippen LogP contribution in [0.15, 0.2) is 12.1 Å². The van der Waals surface area contributed by atoms with Gasteiger partial charge >= 0.3 is 11.9 Å². The average Bonchev–Trinajstić information content (AvgIpc) is 2.35. The molecule has 0 fully saturated rings. The molecule has 6 nitrogen and oxygen atoms in total. The highest BCUT2D eigenvalue weighted by Crippen LogP contribution is 2.35. The SMILES string of the molecule is CCCCCC(=O)OC(=O)c1cc(O)c(O)c(O)c1. The molecule has 0 saturated heterocycles. The Kier molecular flexibility index (Phi) is 5.17. The number of ether oxygens (including phenoxy) is 1. The van der Waals surface area contributed by atoms with Gasteiger partial charge < -0.3 is 20.1 Å². The van der Waals surface area contributed by atoms with E-state index in [0.717, 1.165) is 25.0 Å². The van der Waals surface area contributed by atoms with Gasteiger partial charge in [0.1, 0.15) is 0 Å². The Hall–Kier alpha value is -2.24. The van der Waals surface area contributed by atoms with Gasteiger partial charge in [0.25, 0.3) is 0 Å². The number of phenols is 3. The van der Waals surface area contributed by atoms with E-state index in [0.29, 0.717) is 6.42 Å². The van der Waals surface area contributed by atoms with Gasteiger partial charge in [-0.1, -0.05) is 19.8 Å². The van der Waals surface area contributed by atoms with Gasteiger partial charge in [0, 0.05) is 6.42 Å². The van der Waals surface area contributed by atoms with Crippen LogP contribution in [0.3, 0.4) is 0 Å². The van der Waals surface area contributed by atoms with E-state index in [4.69, 9.17) is 5.11 Å². The fraction of sp³-hybridized carbons (Fsp3) is 0.385. The Balaban J connectivity index is 2.66. The minimum atomic E-state index is -0.980. The summed E-state index contributed by atoms with van der Waals surface area (Å²) < 4.78 is 4.55. The highest BCUT2D eigenvalue weighted by molar-refractivity contribution is 5.97. The second kappa shape index (κ2) is 6.63. The summed E-state index contributed by atoms with van der Waals surface area (Å²) >= 11 is 0. The monoisotopic (exact) mass is 268 g/mol. The molecule has 19 heavy (non-hydrogen) atoms. The lowest BCUT2D eigenvalue weighted by atomic mass is 10.2. The number of benzene rings is 1. The highest BCUT2D eigenvalue weighted by Gasteiger charge is 2.17. The molecular formula is C13H16O6. The van der Waals surface area contributed by atoms with Crippen LogP contribution in [0.1, 0.15) is 43.0 Å². The first-order valence-electron chi connectivity index (χ1n) is 5.95. The zero-order valence-electron chi connectivity index (χ0n) is 10.5. The van der Waals surface area contributed by atoms with Crippen LogP contribution in [0.5, 0.6) is 17.2 Å². The summed E-state index contributed by atoms with van der Waals surface area (Å²) in [4.78, 5) is 22.9. The molecule has 0 spiro atoms. The zero-order valence-corrected chi connectivity index (χ0v) is 10.5. The van der Waals surface area contributed by atoms with Crippen molar-refractivity contribution in [2.24, 2.45) is 0 Å². The van der Waals surface area contributed by atoms with Gasteiger partial charge in [-0.3, -0.25) is 4.79 Å². The zero-order chi connectivity index (χ0) is 14.4. The van der Waals surface area contributed by atoms with Crippen molar-refractivity contribution < 1.29 is 29.6 Å². The van der Waals surface area contributed by atoms with Crippen LogP contribution in [0.4, 0.5) is 0 Å². The number of aromatic hydroxyl groups is 3. The molecule has 0 unspecified atom stereocenters. The average molecular weight is 268 g/mol. The Morgan fingerprint density at radius 2 is 1.68 bits per heavy atom. The Morgan fingerprint density at radius 1 is 1.11 bits per heavy atom. The molecule has 0 heterocycles. The van der Waals surface area contributed by atoms with Crippen LogP contribution in [-0.2, 0) is 9.53 Å². The number of esters is 2. The lowest BCUT2D eigenvalue weighted by Crippen LogP contribution is -2.12. The molecular weight excluding hydrogens is 252 g/mol.